The lowest BCUT2D eigenvalue weighted by molar-refractivity contribution is 0.502. The van der Waals surface area contributed by atoms with Crippen molar-refractivity contribution in [1.82, 2.24) is 25.4 Å². The Labute approximate surface area is 157 Å². The van der Waals surface area contributed by atoms with Gasteiger partial charge in [-0.15, -0.1) is 0 Å². The van der Waals surface area contributed by atoms with Crippen LogP contribution in [0.25, 0.3) is 11.4 Å². The van der Waals surface area contributed by atoms with Crippen LogP contribution in [0.4, 0.5) is 4.39 Å². The molecule has 0 spiro atoms. The van der Waals surface area contributed by atoms with Crippen molar-refractivity contribution in [2.75, 3.05) is 13.6 Å². The predicted molar refractivity (Wildman–Crippen MR) is 103 cm³/mol. The summed E-state index contributed by atoms with van der Waals surface area (Å²) in [5.74, 6) is 1.79. The van der Waals surface area contributed by atoms with Crippen molar-refractivity contribution < 1.29 is 4.39 Å². The molecule has 1 unspecified atom stereocenters. The molecule has 2 aromatic carbocycles. The zero-order valence-electron chi connectivity index (χ0n) is 15.1. The summed E-state index contributed by atoms with van der Waals surface area (Å²) in [6, 6.07) is 16.9. The van der Waals surface area contributed by atoms with Gasteiger partial charge in [0.1, 0.15) is 18.2 Å². The number of hydrogen-bond acceptors (Lipinski definition) is 3. The highest BCUT2D eigenvalue weighted by Crippen LogP contribution is 2.15. The maximum absolute atomic E-state index is 13.0. The van der Waals surface area contributed by atoms with Crippen LogP contribution in [0.5, 0.6) is 0 Å². The Morgan fingerprint density at radius 3 is 2.70 bits per heavy atom. The second-order valence-corrected chi connectivity index (χ2v) is 6.66. The molecule has 0 saturated carbocycles. The lowest BCUT2D eigenvalue weighted by atomic mass is 10.1. The third-order valence-electron chi connectivity index (χ3n) is 4.53. The first-order valence-electron chi connectivity index (χ1n) is 8.90. The molecule has 4 rings (SSSR count). The Bertz CT molecular complexity index is 919. The van der Waals surface area contributed by atoms with E-state index in [0.717, 1.165) is 24.5 Å². The first kappa shape index (κ1) is 17.2. The minimum Gasteiger partial charge on any atom is -0.351 e. The lowest BCUT2D eigenvalue weighted by Gasteiger charge is -2.09. The molecule has 0 amide bonds. The van der Waals surface area contributed by atoms with Crippen LogP contribution in [0.3, 0.4) is 0 Å². The number of H-pyrrole nitrogens is 1. The molecule has 1 aliphatic rings. The Balaban J connectivity index is 1.39. The molecule has 1 atom stereocenters. The smallest absolute Gasteiger partial charge is 0.194 e. The normalized spacial score (nSPS) is 18.1. The number of aromatic amines is 1. The predicted octanol–water partition coefficient (Wildman–Crippen LogP) is 2.61. The molecule has 27 heavy (non-hydrogen) atoms. The van der Waals surface area contributed by atoms with E-state index < -0.39 is 0 Å². The highest BCUT2D eigenvalue weighted by atomic mass is 19.1. The summed E-state index contributed by atoms with van der Waals surface area (Å²) in [6.45, 7) is 1.31. The fourth-order valence-corrected chi connectivity index (χ4v) is 3.18. The summed E-state index contributed by atoms with van der Waals surface area (Å²) in [5.41, 5.74) is 2.08. The van der Waals surface area contributed by atoms with Crippen LogP contribution in [0.2, 0.25) is 0 Å². The summed E-state index contributed by atoms with van der Waals surface area (Å²) in [6.07, 6.45) is 0.960. The van der Waals surface area contributed by atoms with Crippen LogP contribution in [-0.2, 0) is 13.0 Å². The third-order valence-corrected chi connectivity index (χ3v) is 4.53. The molecule has 3 aromatic rings. The fraction of sp³-hybridized carbons (Fsp3) is 0.250. The summed E-state index contributed by atoms with van der Waals surface area (Å²) in [7, 11) is 2.03. The van der Waals surface area contributed by atoms with E-state index in [9.17, 15) is 4.39 Å². The van der Waals surface area contributed by atoms with E-state index in [0.29, 0.717) is 24.2 Å². The van der Waals surface area contributed by atoms with E-state index in [1.807, 2.05) is 13.1 Å². The van der Waals surface area contributed by atoms with Gasteiger partial charge in [-0.1, -0.05) is 30.3 Å². The number of rotatable bonds is 5. The molecule has 0 aliphatic carbocycles. The Morgan fingerprint density at radius 1 is 1.15 bits per heavy atom. The summed E-state index contributed by atoms with van der Waals surface area (Å²) < 4.78 is 13.0. The molecule has 6 nitrogen and oxygen atoms in total. The van der Waals surface area contributed by atoms with Gasteiger partial charge in [-0.3, -0.25) is 5.10 Å². The second-order valence-electron chi connectivity index (χ2n) is 6.66. The summed E-state index contributed by atoms with van der Waals surface area (Å²) in [5, 5.41) is 10.6. The van der Waals surface area contributed by atoms with Gasteiger partial charge >= 0.3 is 0 Å². The van der Waals surface area contributed by atoms with Crippen LogP contribution in [0.15, 0.2) is 59.6 Å². The van der Waals surface area contributed by atoms with Crippen molar-refractivity contribution in [2.24, 2.45) is 4.99 Å². The Kier molecular flexibility index (Phi) is 4.82. The van der Waals surface area contributed by atoms with Crippen LogP contribution >= 0.6 is 0 Å². The minimum atomic E-state index is -0.277. The van der Waals surface area contributed by atoms with Crippen LogP contribution in [0, 0.1) is 5.82 Å². The lowest BCUT2D eigenvalue weighted by Crippen LogP contribution is -2.30. The number of likely N-dealkylation sites (N-methyl/N-ethyl adjacent to an activating group) is 1. The molecule has 7 heteroatoms. The van der Waals surface area contributed by atoms with Gasteiger partial charge in [-0.2, -0.15) is 5.10 Å². The maximum Gasteiger partial charge on any atom is 0.194 e. The second kappa shape index (κ2) is 7.57. The molecule has 0 radical (unpaired) electrons. The van der Waals surface area contributed by atoms with E-state index in [4.69, 9.17) is 0 Å². The zero-order valence-corrected chi connectivity index (χ0v) is 15.1. The van der Waals surface area contributed by atoms with Crippen LogP contribution in [0.1, 0.15) is 11.4 Å². The van der Waals surface area contributed by atoms with E-state index in [-0.39, 0.29) is 5.82 Å². The van der Waals surface area contributed by atoms with Gasteiger partial charge in [-0.25, -0.2) is 14.4 Å². The van der Waals surface area contributed by atoms with E-state index >= 15 is 0 Å². The van der Waals surface area contributed by atoms with Gasteiger partial charge in [0.05, 0.1) is 6.04 Å². The summed E-state index contributed by atoms with van der Waals surface area (Å²) >= 11 is 0. The van der Waals surface area contributed by atoms with Gasteiger partial charge in [0.25, 0.3) is 0 Å². The Morgan fingerprint density at radius 2 is 1.93 bits per heavy atom. The number of nitrogens with zero attached hydrogens (tertiary/aromatic N) is 4. The average Bonchev–Trinajstić information content (AvgIpc) is 3.28. The van der Waals surface area contributed by atoms with E-state index in [2.05, 4.69) is 54.7 Å². The fourth-order valence-electron chi connectivity index (χ4n) is 3.18. The number of guanidine groups is 1. The molecule has 138 valence electrons. The molecule has 2 heterocycles. The van der Waals surface area contributed by atoms with Gasteiger partial charge in [0.15, 0.2) is 11.8 Å². The standard InChI is InChI=1S/C20H21FN6/c1-27-13-17(11-14-5-3-2-4-6-14)23-20(27)22-12-18-24-19(26-25-18)15-7-9-16(21)10-8-15/h2-10,17H,11-13H2,1H3,(H,22,23)(H,24,25,26). The molecule has 1 fully saturated rings. The topological polar surface area (TPSA) is 69.2 Å². The first-order valence-corrected chi connectivity index (χ1v) is 8.90. The van der Waals surface area contributed by atoms with Crippen molar-refractivity contribution in [3.05, 3.63) is 71.8 Å². The number of hydrogen-bond donors (Lipinski definition) is 2. The van der Waals surface area contributed by atoms with Crippen molar-refractivity contribution in [2.45, 2.75) is 19.0 Å². The first-order chi connectivity index (χ1) is 13.2. The molecular formula is C20H21FN6. The maximum atomic E-state index is 13.0. The number of halogens is 1. The molecule has 1 aromatic heterocycles. The van der Waals surface area contributed by atoms with Crippen molar-refractivity contribution in [3.8, 4) is 11.4 Å². The van der Waals surface area contributed by atoms with Gasteiger partial charge in [-0.05, 0) is 36.2 Å². The molecule has 1 aliphatic heterocycles. The number of benzene rings is 2. The Hall–Kier alpha value is -3.22. The van der Waals surface area contributed by atoms with Crippen molar-refractivity contribution in [1.29, 1.82) is 0 Å². The minimum absolute atomic E-state index is 0.277. The summed E-state index contributed by atoms with van der Waals surface area (Å²) in [4.78, 5) is 11.2. The zero-order chi connectivity index (χ0) is 18.6. The monoisotopic (exact) mass is 364 g/mol. The van der Waals surface area contributed by atoms with Crippen LogP contribution in [-0.4, -0.2) is 45.7 Å². The van der Waals surface area contributed by atoms with E-state index in [1.54, 1.807) is 12.1 Å². The van der Waals surface area contributed by atoms with Gasteiger partial charge < -0.3 is 10.2 Å². The molecular weight excluding hydrogens is 343 g/mol. The number of aromatic nitrogens is 3. The van der Waals surface area contributed by atoms with Gasteiger partial charge in [0, 0.05) is 19.2 Å². The third kappa shape index (κ3) is 4.13. The highest BCUT2D eigenvalue weighted by molar-refractivity contribution is 5.82. The van der Waals surface area contributed by atoms with E-state index in [1.165, 1.54) is 17.7 Å². The van der Waals surface area contributed by atoms with Crippen molar-refractivity contribution >= 4 is 5.96 Å². The van der Waals surface area contributed by atoms with Gasteiger partial charge in [0.2, 0.25) is 0 Å². The van der Waals surface area contributed by atoms with Crippen molar-refractivity contribution in [3.63, 3.8) is 0 Å². The number of nitrogens with one attached hydrogen (secondary N) is 2. The average molecular weight is 364 g/mol. The molecule has 2 N–H and O–H groups in total. The SMILES string of the molecule is CN1CC(Cc2ccccc2)NC1=NCc1nc(-c2ccc(F)cc2)n[nH]1. The van der Waals surface area contributed by atoms with Crippen LogP contribution < -0.4 is 5.32 Å². The molecule has 1 saturated heterocycles. The quantitative estimate of drug-likeness (QED) is 0.730. The number of aliphatic imine (C=N–C) groups is 1. The largest absolute Gasteiger partial charge is 0.351 e. The highest BCUT2D eigenvalue weighted by Gasteiger charge is 2.24. The molecule has 0 bridgehead atoms.